The molecule has 0 N–H and O–H groups in total. The number of carbonyl (C=O) groups is 2. The number of hydrogen-bond acceptors (Lipinski definition) is 5. The van der Waals surface area contributed by atoms with Crippen molar-refractivity contribution in [3.05, 3.63) is 22.6 Å². The third kappa shape index (κ3) is 3.03. The Kier molecular flexibility index (Phi) is 4.82. The highest BCUT2D eigenvalue weighted by atomic mass is 32.2. The summed E-state index contributed by atoms with van der Waals surface area (Å²) < 4.78 is 11.2. The highest BCUT2D eigenvalue weighted by Gasteiger charge is 2.52. The SMILES string of the molecule is CSC=CC(=O)OC1CC(C)C2(C)CC3=C(C)C(=O)OC3CC2C1. The summed E-state index contributed by atoms with van der Waals surface area (Å²) >= 11 is 1.49. The summed E-state index contributed by atoms with van der Waals surface area (Å²) in [6.07, 6.45) is 6.83. The number of carbonyl (C=O) groups excluding carboxylic acids is 2. The molecule has 5 heteroatoms. The summed E-state index contributed by atoms with van der Waals surface area (Å²) in [6, 6.07) is 0. The van der Waals surface area contributed by atoms with Gasteiger partial charge in [0.05, 0.1) is 0 Å². The van der Waals surface area contributed by atoms with Crippen LogP contribution < -0.4 is 0 Å². The van der Waals surface area contributed by atoms with Gasteiger partial charge in [-0.2, -0.15) is 0 Å². The minimum absolute atomic E-state index is 0.0409. The Morgan fingerprint density at radius 1 is 1.38 bits per heavy atom. The van der Waals surface area contributed by atoms with E-state index in [2.05, 4.69) is 13.8 Å². The monoisotopic (exact) mass is 350 g/mol. The molecule has 132 valence electrons. The fourth-order valence-corrected chi connectivity index (χ4v) is 4.87. The molecule has 1 aliphatic heterocycles. The normalized spacial score (nSPS) is 38.8. The maximum atomic E-state index is 11.9. The van der Waals surface area contributed by atoms with Crippen molar-refractivity contribution in [1.29, 1.82) is 0 Å². The molecule has 1 heterocycles. The average Bonchev–Trinajstić information content (AvgIpc) is 2.79. The predicted molar refractivity (Wildman–Crippen MR) is 94.3 cm³/mol. The van der Waals surface area contributed by atoms with Crippen LogP contribution in [0.1, 0.15) is 46.5 Å². The fraction of sp³-hybridized carbons (Fsp3) is 0.684. The summed E-state index contributed by atoms with van der Waals surface area (Å²) in [6.45, 7) is 6.46. The topological polar surface area (TPSA) is 52.6 Å². The van der Waals surface area contributed by atoms with Gasteiger partial charge in [-0.05, 0) is 67.1 Å². The second kappa shape index (κ2) is 6.58. The van der Waals surface area contributed by atoms with Crippen molar-refractivity contribution in [2.24, 2.45) is 17.3 Å². The molecule has 0 spiro atoms. The summed E-state index contributed by atoms with van der Waals surface area (Å²) in [5.74, 6) is 0.436. The third-order valence-electron chi connectivity index (χ3n) is 6.34. The smallest absolute Gasteiger partial charge is 0.334 e. The quantitative estimate of drug-likeness (QED) is 0.571. The Morgan fingerprint density at radius 3 is 2.83 bits per heavy atom. The van der Waals surface area contributed by atoms with E-state index in [1.54, 1.807) is 5.41 Å². The van der Waals surface area contributed by atoms with Gasteiger partial charge in [0, 0.05) is 11.6 Å². The molecule has 2 aliphatic carbocycles. The van der Waals surface area contributed by atoms with E-state index in [0.29, 0.717) is 11.8 Å². The second-order valence-electron chi connectivity index (χ2n) is 7.63. The number of ether oxygens (including phenoxy) is 2. The Morgan fingerprint density at radius 2 is 2.12 bits per heavy atom. The van der Waals surface area contributed by atoms with Crippen molar-refractivity contribution in [2.45, 2.75) is 58.7 Å². The van der Waals surface area contributed by atoms with Crippen molar-refractivity contribution < 1.29 is 19.1 Å². The van der Waals surface area contributed by atoms with E-state index in [9.17, 15) is 9.59 Å². The van der Waals surface area contributed by atoms with Gasteiger partial charge in [0.1, 0.15) is 12.2 Å². The van der Waals surface area contributed by atoms with Gasteiger partial charge in [0.25, 0.3) is 0 Å². The average molecular weight is 350 g/mol. The first kappa shape index (κ1) is 17.6. The molecule has 0 aromatic carbocycles. The van der Waals surface area contributed by atoms with Gasteiger partial charge in [-0.25, -0.2) is 9.59 Å². The number of rotatable bonds is 3. The molecular formula is C19H26O4S. The first-order chi connectivity index (χ1) is 11.3. The lowest BCUT2D eigenvalue weighted by Gasteiger charge is -2.52. The van der Waals surface area contributed by atoms with Gasteiger partial charge in [0.2, 0.25) is 0 Å². The fourth-order valence-electron chi connectivity index (χ4n) is 4.62. The molecule has 0 aromatic heterocycles. The molecule has 2 saturated carbocycles. The van der Waals surface area contributed by atoms with Crippen LogP contribution in [-0.2, 0) is 19.1 Å². The van der Waals surface area contributed by atoms with Crippen LogP contribution >= 0.6 is 11.8 Å². The summed E-state index contributed by atoms with van der Waals surface area (Å²) in [5, 5.41) is 1.75. The van der Waals surface area contributed by atoms with Gasteiger partial charge >= 0.3 is 11.9 Å². The van der Waals surface area contributed by atoms with Gasteiger partial charge in [-0.15, -0.1) is 11.8 Å². The highest BCUT2D eigenvalue weighted by molar-refractivity contribution is 8.01. The van der Waals surface area contributed by atoms with E-state index >= 15 is 0 Å². The zero-order valence-corrected chi connectivity index (χ0v) is 15.7. The molecule has 3 rings (SSSR count). The Hall–Kier alpha value is -1.23. The van der Waals surface area contributed by atoms with Crippen LogP contribution in [0.15, 0.2) is 22.6 Å². The largest absolute Gasteiger partial charge is 0.459 e. The molecule has 0 saturated heterocycles. The molecule has 0 radical (unpaired) electrons. The number of fused-ring (bicyclic) bond motifs is 2. The molecule has 2 fully saturated rings. The van der Waals surface area contributed by atoms with Crippen molar-refractivity contribution in [3.8, 4) is 0 Å². The van der Waals surface area contributed by atoms with Gasteiger partial charge in [-0.1, -0.05) is 13.8 Å². The summed E-state index contributed by atoms with van der Waals surface area (Å²) in [7, 11) is 0. The Balaban J connectivity index is 1.74. The zero-order valence-electron chi connectivity index (χ0n) is 14.8. The molecule has 24 heavy (non-hydrogen) atoms. The van der Waals surface area contributed by atoms with Gasteiger partial charge < -0.3 is 9.47 Å². The second-order valence-corrected chi connectivity index (χ2v) is 8.37. The maximum Gasteiger partial charge on any atom is 0.334 e. The van der Waals surface area contributed by atoms with E-state index in [0.717, 1.165) is 31.3 Å². The lowest BCUT2D eigenvalue weighted by molar-refractivity contribution is -0.152. The van der Waals surface area contributed by atoms with Crippen molar-refractivity contribution in [1.82, 2.24) is 0 Å². The van der Waals surface area contributed by atoms with Crippen molar-refractivity contribution in [3.63, 3.8) is 0 Å². The molecule has 3 aliphatic rings. The summed E-state index contributed by atoms with van der Waals surface area (Å²) in [4.78, 5) is 23.8. The summed E-state index contributed by atoms with van der Waals surface area (Å²) in [5.41, 5.74) is 2.16. The lowest BCUT2D eigenvalue weighted by Crippen LogP contribution is -2.48. The predicted octanol–water partition coefficient (Wildman–Crippen LogP) is 3.86. The Labute approximate surface area is 148 Å². The highest BCUT2D eigenvalue weighted by Crippen LogP contribution is 2.57. The van der Waals surface area contributed by atoms with E-state index in [4.69, 9.17) is 9.47 Å². The molecule has 0 bridgehead atoms. The van der Waals surface area contributed by atoms with E-state index < -0.39 is 0 Å². The van der Waals surface area contributed by atoms with Crippen molar-refractivity contribution in [2.75, 3.05) is 6.26 Å². The van der Waals surface area contributed by atoms with E-state index in [1.165, 1.54) is 23.4 Å². The van der Waals surface area contributed by atoms with Gasteiger partial charge in [0.15, 0.2) is 0 Å². The van der Waals surface area contributed by atoms with Crippen LogP contribution in [0.4, 0.5) is 0 Å². The number of hydrogen-bond donors (Lipinski definition) is 0. The Bertz CT molecular complexity index is 608. The van der Waals surface area contributed by atoms with E-state index in [1.807, 2.05) is 13.2 Å². The molecule has 0 aromatic rings. The van der Waals surface area contributed by atoms with Crippen LogP contribution in [0.3, 0.4) is 0 Å². The van der Waals surface area contributed by atoms with Crippen LogP contribution in [0, 0.1) is 17.3 Å². The molecule has 5 atom stereocenters. The van der Waals surface area contributed by atoms with Crippen LogP contribution in [0.5, 0.6) is 0 Å². The number of esters is 2. The molecule has 5 unspecified atom stereocenters. The lowest BCUT2D eigenvalue weighted by atomic mass is 9.54. The standard InChI is InChI=1S/C19H26O4S/c1-11-7-14(22-17(20)5-6-24-4)8-13-9-16-15(10-19(11,13)3)12(2)18(21)23-16/h5-6,11,13-14,16H,7-10H2,1-4H3. The third-order valence-corrected chi connectivity index (χ3v) is 6.75. The van der Waals surface area contributed by atoms with Crippen LogP contribution in [0.2, 0.25) is 0 Å². The van der Waals surface area contributed by atoms with Gasteiger partial charge in [-0.3, -0.25) is 0 Å². The molecule has 0 amide bonds. The van der Waals surface area contributed by atoms with Crippen molar-refractivity contribution >= 4 is 23.7 Å². The first-order valence-electron chi connectivity index (χ1n) is 8.65. The maximum absolute atomic E-state index is 11.9. The molecular weight excluding hydrogens is 324 g/mol. The van der Waals surface area contributed by atoms with Crippen LogP contribution in [0.25, 0.3) is 0 Å². The number of thioether (sulfide) groups is 1. The zero-order chi connectivity index (χ0) is 17.5. The first-order valence-corrected chi connectivity index (χ1v) is 9.94. The minimum Gasteiger partial charge on any atom is -0.459 e. The molecule has 4 nitrogen and oxygen atoms in total. The van der Waals surface area contributed by atoms with Crippen LogP contribution in [-0.4, -0.2) is 30.4 Å². The van der Waals surface area contributed by atoms with E-state index in [-0.39, 0.29) is 29.6 Å². The minimum atomic E-state index is -0.260.